The van der Waals surface area contributed by atoms with Gasteiger partial charge >= 0.3 is 5.97 Å². The molecule has 0 aromatic carbocycles. The van der Waals surface area contributed by atoms with Crippen LogP contribution in [0.2, 0.25) is 0 Å². The number of carbonyl (C=O) groups excluding carboxylic acids is 2. The summed E-state index contributed by atoms with van der Waals surface area (Å²) < 4.78 is 0. The van der Waals surface area contributed by atoms with Gasteiger partial charge in [-0.1, -0.05) is 6.92 Å². The van der Waals surface area contributed by atoms with Gasteiger partial charge in [0.05, 0.1) is 11.8 Å². The first-order valence-electron chi connectivity index (χ1n) is 6.12. The summed E-state index contributed by atoms with van der Waals surface area (Å²) in [5, 5.41) is 8.86. The second-order valence-electron chi connectivity index (χ2n) is 4.79. The van der Waals surface area contributed by atoms with Crippen LogP contribution in [-0.4, -0.2) is 59.4 Å². The van der Waals surface area contributed by atoms with Crippen LogP contribution in [0.5, 0.6) is 0 Å². The Kier molecular flexibility index (Phi) is 4.69. The standard InChI is InChI=1S/C12H20N2O4/c1-4-14(6-8(2)12(17)18)11(16)9-5-10(15)13(3)7-9/h8-9H,4-7H2,1-3H3,(H,17,18). The van der Waals surface area contributed by atoms with E-state index in [-0.39, 0.29) is 30.7 Å². The smallest absolute Gasteiger partial charge is 0.308 e. The minimum Gasteiger partial charge on any atom is -0.481 e. The lowest BCUT2D eigenvalue weighted by Crippen LogP contribution is -2.41. The predicted molar refractivity (Wildman–Crippen MR) is 64.8 cm³/mol. The molecule has 6 heteroatoms. The summed E-state index contributed by atoms with van der Waals surface area (Å²) in [6.07, 6.45) is 0.229. The van der Waals surface area contributed by atoms with Gasteiger partial charge < -0.3 is 14.9 Å². The Bertz CT molecular complexity index is 356. The number of carboxylic acids is 1. The van der Waals surface area contributed by atoms with E-state index in [2.05, 4.69) is 0 Å². The highest BCUT2D eigenvalue weighted by atomic mass is 16.4. The first-order valence-corrected chi connectivity index (χ1v) is 6.12. The molecule has 0 saturated carbocycles. The summed E-state index contributed by atoms with van der Waals surface area (Å²) >= 11 is 0. The number of carbonyl (C=O) groups is 3. The predicted octanol–water partition coefficient (Wildman–Crippen LogP) is 0.0339. The van der Waals surface area contributed by atoms with Crippen molar-refractivity contribution in [3.05, 3.63) is 0 Å². The van der Waals surface area contributed by atoms with Crippen molar-refractivity contribution in [3.8, 4) is 0 Å². The number of nitrogens with zero attached hydrogens (tertiary/aromatic N) is 2. The number of likely N-dealkylation sites (tertiary alicyclic amines) is 1. The zero-order valence-electron chi connectivity index (χ0n) is 11.0. The minimum absolute atomic E-state index is 0.0318. The Morgan fingerprint density at radius 1 is 1.56 bits per heavy atom. The molecule has 0 radical (unpaired) electrons. The molecule has 0 aromatic rings. The highest BCUT2D eigenvalue weighted by Crippen LogP contribution is 2.19. The Labute approximate surface area is 107 Å². The third-order valence-corrected chi connectivity index (χ3v) is 3.30. The van der Waals surface area contributed by atoms with E-state index in [1.807, 2.05) is 6.92 Å². The van der Waals surface area contributed by atoms with Crippen molar-refractivity contribution >= 4 is 17.8 Å². The molecule has 1 aliphatic heterocycles. The van der Waals surface area contributed by atoms with Crippen LogP contribution in [0.4, 0.5) is 0 Å². The molecule has 0 aromatic heterocycles. The molecule has 2 unspecified atom stereocenters. The van der Waals surface area contributed by atoms with E-state index in [0.717, 1.165) is 0 Å². The fourth-order valence-electron chi connectivity index (χ4n) is 2.07. The lowest BCUT2D eigenvalue weighted by Gasteiger charge is -2.25. The van der Waals surface area contributed by atoms with E-state index >= 15 is 0 Å². The third-order valence-electron chi connectivity index (χ3n) is 3.30. The number of hydrogen-bond donors (Lipinski definition) is 1. The average Bonchev–Trinajstić information content (AvgIpc) is 2.65. The van der Waals surface area contributed by atoms with Crippen LogP contribution >= 0.6 is 0 Å². The van der Waals surface area contributed by atoms with E-state index in [1.165, 1.54) is 9.80 Å². The van der Waals surface area contributed by atoms with Gasteiger partial charge in [-0.2, -0.15) is 0 Å². The van der Waals surface area contributed by atoms with Crippen LogP contribution in [-0.2, 0) is 14.4 Å². The van der Waals surface area contributed by atoms with E-state index < -0.39 is 11.9 Å². The van der Waals surface area contributed by atoms with Crippen LogP contribution in [0.25, 0.3) is 0 Å². The summed E-state index contributed by atoms with van der Waals surface area (Å²) in [5.74, 6) is -1.99. The first kappa shape index (κ1) is 14.5. The molecule has 6 nitrogen and oxygen atoms in total. The third kappa shape index (κ3) is 3.21. The Morgan fingerprint density at radius 2 is 2.17 bits per heavy atom. The summed E-state index contributed by atoms with van der Waals surface area (Å²) in [4.78, 5) is 37.4. The molecular formula is C12H20N2O4. The monoisotopic (exact) mass is 256 g/mol. The van der Waals surface area contributed by atoms with Crippen LogP contribution in [0.15, 0.2) is 0 Å². The first-order chi connectivity index (χ1) is 8.36. The second kappa shape index (κ2) is 5.84. The molecular weight excluding hydrogens is 236 g/mol. The van der Waals surface area contributed by atoms with Gasteiger partial charge in [0.1, 0.15) is 0 Å². The molecule has 18 heavy (non-hydrogen) atoms. The van der Waals surface area contributed by atoms with E-state index in [9.17, 15) is 14.4 Å². The van der Waals surface area contributed by atoms with Crippen LogP contribution < -0.4 is 0 Å². The topological polar surface area (TPSA) is 77.9 Å². The summed E-state index contributed by atoms with van der Waals surface area (Å²) in [6, 6.07) is 0. The van der Waals surface area contributed by atoms with Gasteiger partial charge in [0, 0.05) is 33.1 Å². The van der Waals surface area contributed by atoms with Gasteiger partial charge in [0.15, 0.2) is 0 Å². The summed E-state index contributed by atoms with van der Waals surface area (Å²) in [6.45, 7) is 4.47. The van der Waals surface area contributed by atoms with Gasteiger partial charge in [-0.3, -0.25) is 14.4 Å². The number of rotatable bonds is 5. The highest BCUT2D eigenvalue weighted by Gasteiger charge is 2.34. The second-order valence-corrected chi connectivity index (χ2v) is 4.79. The molecule has 0 aliphatic carbocycles. The molecule has 0 spiro atoms. The fraction of sp³-hybridized carbons (Fsp3) is 0.750. The van der Waals surface area contributed by atoms with Gasteiger partial charge in [0.25, 0.3) is 0 Å². The average molecular weight is 256 g/mol. The summed E-state index contributed by atoms with van der Waals surface area (Å²) in [5.41, 5.74) is 0. The number of carboxylic acid groups (broad SMARTS) is 1. The number of aliphatic carboxylic acids is 1. The lowest BCUT2D eigenvalue weighted by atomic mass is 10.1. The molecule has 1 rings (SSSR count). The van der Waals surface area contributed by atoms with E-state index in [1.54, 1.807) is 14.0 Å². The normalized spacial score (nSPS) is 20.9. The molecule has 2 amide bonds. The summed E-state index contributed by atoms with van der Waals surface area (Å²) in [7, 11) is 1.67. The molecule has 2 atom stereocenters. The maximum absolute atomic E-state index is 12.2. The molecule has 1 heterocycles. The minimum atomic E-state index is -0.916. The highest BCUT2D eigenvalue weighted by molar-refractivity contribution is 5.89. The van der Waals surface area contributed by atoms with Crippen molar-refractivity contribution in [3.63, 3.8) is 0 Å². The van der Waals surface area contributed by atoms with Crippen LogP contribution in [0.1, 0.15) is 20.3 Å². The zero-order chi connectivity index (χ0) is 13.9. The largest absolute Gasteiger partial charge is 0.481 e. The molecule has 0 bridgehead atoms. The van der Waals surface area contributed by atoms with Crippen molar-refractivity contribution in [2.24, 2.45) is 11.8 Å². The molecule has 1 N–H and O–H groups in total. The van der Waals surface area contributed by atoms with Gasteiger partial charge in [-0.15, -0.1) is 0 Å². The van der Waals surface area contributed by atoms with Crippen molar-refractivity contribution in [2.45, 2.75) is 20.3 Å². The van der Waals surface area contributed by atoms with E-state index in [4.69, 9.17) is 5.11 Å². The Morgan fingerprint density at radius 3 is 2.56 bits per heavy atom. The maximum atomic E-state index is 12.2. The van der Waals surface area contributed by atoms with Crippen molar-refractivity contribution in [1.29, 1.82) is 0 Å². The SMILES string of the molecule is CCN(CC(C)C(=O)O)C(=O)C1CC(=O)N(C)C1. The fourth-order valence-corrected chi connectivity index (χ4v) is 2.07. The van der Waals surface area contributed by atoms with E-state index in [0.29, 0.717) is 13.1 Å². The number of amides is 2. The molecule has 1 fully saturated rings. The Balaban J connectivity index is 2.63. The maximum Gasteiger partial charge on any atom is 0.308 e. The Hall–Kier alpha value is -1.59. The molecule has 1 aliphatic rings. The zero-order valence-corrected chi connectivity index (χ0v) is 11.0. The number of hydrogen-bond acceptors (Lipinski definition) is 3. The van der Waals surface area contributed by atoms with Gasteiger partial charge in [-0.25, -0.2) is 0 Å². The van der Waals surface area contributed by atoms with Gasteiger partial charge in [0.2, 0.25) is 11.8 Å². The van der Waals surface area contributed by atoms with Crippen LogP contribution in [0, 0.1) is 11.8 Å². The van der Waals surface area contributed by atoms with Crippen molar-refractivity contribution < 1.29 is 19.5 Å². The van der Waals surface area contributed by atoms with Crippen molar-refractivity contribution in [2.75, 3.05) is 26.7 Å². The molecule has 102 valence electrons. The lowest BCUT2D eigenvalue weighted by molar-refractivity contribution is -0.144. The quantitative estimate of drug-likeness (QED) is 0.753. The van der Waals surface area contributed by atoms with Gasteiger partial charge in [-0.05, 0) is 6.92 Å². The van der Waals surface area contributed by atoms with Crippen molar-refractivity contribution in [1.82, 2.24) is 9.80 Å². The van der Waals surface area contributed by atoms with Crippen LogP contribution in [0.3, 0.4) is 0 Å². The molecule has 1 saturated heterocycles.